The van der Waals surface area contributed by atoms with Gasteiger partial charge in [0.05, 0.1) is 0 Å². The molecule has 1 aromatic heterocycles. The summed E-state index contributed by atoms with van der Waals surface area (Å²) in [5.74, 6) is 1.40. The van der Waals surface area contributed by atoms with Crippen LogP contribution in [0.2, 0.25) is 0 Å². The molecule has 0 bridgehead atoms. The van der Waals surface area contributed by atoms with E-state index in [4.69, 9.17) is 4.98 Å². The standard InChI is InChI=1S/C24H41N5O/c1-19(2)18-26(5)24(30)22-8-6-9-23(25-22)29-13-7-12-28(16-17-29)21-10-14-27(15-11-21)20(3)4/h6,8-9,19-21H,7,10-18H2,1-5H3. The highest BCUT2D eigenvalue weighted by Gasteiger charge is 2.27. The highest BCUT2D eigenvalue weighted by atomic mass is 16.2. The van der Waals surface area contributed by atoms with Gasteiger partial charge in [-0.05, 0) is 64.3 Å². The van der Waals surface area contributed by atoms with Crippen LogP contribution < -0.4 is 4.90 Å². The molecule has 0 atom stereocenters. The lowest BCUT2D eigenvalue weighted by Crippen LogP contribution is -2.47. The second-order valence-corrected chi connectivity index (χ2v) is 9.70. The van der Waals surface area contributed by atoms with Crippen molar-refractivity contribution in [3.8, 4) is 0 Å². The Morgan fingerprint density at radius 2 is 1.80 bits per heavy atom. The molecule has 0 spiro atoms. The number of hydrogen-bond acceptors (Lipinski definition) is 5. The Bertz CT molecular complexity index is 684. The molecule has 2 fully saturated rings. The number of carbonyl (C=O) groups excluding carboxylic acids is 1. The summed E-state index contributed by atoms with van der Waals surface area (Å²) in [6, 6.07) is 7.24. The van der Waals surface area contributed by atoms with Gasteiger partial charge in [0.2, 0.25) is 0 Å². The summed E-state index contributed by atoms with van der Waals surface area (Å²) in [4.78, 5) is 26.9. The van der Waals surface area contributed by atoms with Crippen LogP contribution in [0.25, 0.3) is 0 Å². The lowest BCUT2D eigenvalue weighted by molar-refractivity contribution is 0.0773. The minimum absolute atomic E-state index is 0.0129. The van der Waals surface area contributed by atoms with Crippen LogP contribution in [0, 0.1) is 5.92 Å². The number of rotatable bonds is 6. The molecule has 6 heteroatoms. The molecule has 0 radical (unpaired) electrons. The monoisotopic (exact) mass is 415 g/mol. The first-order valence-electron chi connectivity index (χ1n) is 11.8. The van der Waals surface area contributed by atoms with Crippen LogP contribution in [-0.2, 0) is 0 Å². The average Bonchev–Trinajstić information content (AvgIpc) is 2.99. The predicted octanol–water partition coefficient (Wildman–Crippen LogP) is 3.19. The smallest absolute Gasteiger partial charge is 0.272 e. The molecule has 6 nitrogen and oxygen atoms in total. The molecule has 1 aromatic rings. The zero-order valence-corrected chi connectivity index (χ0v) is 19.7. The van der Waals surface area contributed by atoms with Gasteiger partial charge in [-0.3, -0.25) is 9.69 Å². The molecule has 0 N–H and O–H groups in total. The number of nitrogens with zero attached hydrogens (tertiary/aromatic N) is 5. The van der Waals surface area contributed by atoms with Crippen molar-refractivity contribution in [2.45, 2.75) is 59.0 Å². The van der Waals surface area contributed by atoms with Crippen LogP contribution in [-0.4, -0.2) is 90.5 Å². The zero-order valence-electron chi connectivity index (χ0n) is 19.7. The van der Waals surface area contributed by atoms with Crippen LogP contribution in [0.15, 0.2) is 18.2 Å². The number of hydrogen-bond donors (Lipinski definition) is 0. The van der Waals surface area contributed by atoms with Gasteiger partial charge in [0.25, 0.3) is 5.91 Å². The molecular formula is C24H41N5O. The summed E-state index contributed by atoms with van der Waals surface area (Å²) in [7, 11) is 1.87. The van der Waals surface area contributed by atoms with E-state index in [-0.39, 0.29) is 5.91 Å². The number of carbonyl (C=O) groups is 1. The number of aromatic nitrogens is 1. The SMILES string of the molecule is CC(C)CN(C)C(=O)c1cccc(N2CCCN(C3CCN(C(C)C)CC3)CC2)n1. The van der Waals surface area contributed by atoms with Crippen LogP contribution in [0.5, 0.6) is 0 Å². The largest absolute Gasteiger partial charge is 0.355 e. The molecule has 2 aliphatic heterocycles. The van der Waals surface area contributed by atoms with Crippen molar-refractivity contribution in [3.63, 3.8) is 0 Å². The van der Waals surface area contributed by atoms with Gasteiger partial charge in [-0.15, -0.1) is 0 Å². The van der Waals surface area contributed by atoms with Crippen LogP contribution in [0.3, 0.4) is 0 Å². The second kappa shape index (κ2) is 10.6. The molecule has 30 heavy (non-hydrogen) atoms. The van der Waals surface area contributed by atoms with E-state index in [9.17, 15) is 4.79 Å². The Morgan fingerprint density at radius 3 is 2.47 bits per heavy atom. The maximum atomic E-state index is 12.7. The van der Waals surface area contributed by atoms with Crippen LogP contribution in [0.4, 0.5) is 5.82 Å². The summed E-state index contributed by atoms with van der Waals surface area (Å²) in [6.45, 7) is 16.3. The van der Waals surface area contributed by atoms with Crippen molar-refractivity contribution < 1.29 is 4.79 Å². The van der Waals surface area contributed by atoms with Crippen molar-refractivity contribution >= 4 is 11.7 Å². The van der Waals surface area contributed by atoms with E-state index in [0.29, 0.717) is 23.7 Å². The van der Waals surface area contributed by atoms with Crippen LogP contribution >= 0.6 is 0 Å². The lowest BCUT2D eigenvalue weighted by atomic mass is 10.0. The number of pyridine rings is 1. The van der Waals surface area contributed by atoms with Gasteiger partial charge >= 0.3 is 0 Å². The van der Waals surface area contributed by atoms with Crippen molar-refractivity contribution in [2.75, 3.05) is 57.8 Å². The fourth-order valence-electron chi connectivity index (χ4n) is 4.84. The van der Waals surface area contributed by atoms with E-state index in [1.54, 1.807) is 4.90 Å². The molecule has 3 heterocycles. The number of anilines is 1. The van der Waals surface area contributed by atoms with E-state index < -0.39 is 0 Å². The summed E-state index contributed by atoms with van der Waals surface area (Å²) in [5.41, 5.74) is 0.554. The fraction of sp³-hybridized carbons (Fsp3) is 0.750. The molecule has 168 valence electrons. The summed E-state index contributed by atoms with van der Waals surface area (Å²) in [6.07, 6.45) is 3.71. The first kappa shape index (κ1) is 23.0. The third kappa shape index (κ3) is 5.94. The third-order valence-electron chi connectivity index (χ3n) is 6.54. The van der Waals surface area contributed by atoms with Gasteiger partial charge < -0.3 is 14.7 Å². The first-order chi connectivity index (χ1) is 14.3. The average molecular weight is 416 g/mol. The Morgan fingerprint density at radius 1 is 1.07 bits per heavy atom. The number of likely N-dealkylation sites (tertiary alicyclic amines) is 1. The highest BCUT2D eigenvalue weighted by Crippen LogP contribution is 2.21. The molecule has 0 aromatic carbocycles. The van der Waals surface area contributed by atoms with Gasteiger partial charge in [-0.1, -0.05) is 19.9 Å². The zero-order chi connectivity index (χ0) is 21.7. The molecule has 0 saturated carbocycles. The van der Waals surface area contributed by atoms with Gasteiger partial charge in [-0.2, -0.15) is 0 Å². The van der Waals surface area contributed by atoms with Crippen molar-refractivity contribution in [1.29, 1.82) is 0 Å². The van der Waals surface area contributed by atoms with Gasteiger partial charge in [0.1, 0.15) is 11.5 Å². The summed E-state index contributed by atoms with van der Waals surface area (Å²) >= 11 is 0. The minimum atomic E-state index is 0.0129. The molecule has 0 unspecified atom stereocenters. The van der Waals surface area contributed by atoms with Crippen molar-refractivity contribution in [3.05, 3.63) is 23.9 Å². The van der Waals surface area contributed by atoms with E-state index >= 15 is 0 Å². The normalized spacial score (nSPS) is 20.0. The van der Waals surface area contributed by atoms with Gasteiger partial charge in [0, 0.05) is 51.9 Å². The number of piperidine rings is 1. The van der Waals surface area contributed by atoms with E-state index in [1.165, 1.54) is 32.5 Å². The Hall–Kier alpha value is -1.66. The first-order valence-corrected chi connectivity index (χ1v) is 11.8. The van der Waals surface area contributed by atoms with Crippen LogP contribution in [0.1, 0.15) is 57.4 Å². The van der Waals surface area contributed by atoms with Gasteiger partial charge in [0.15, 0.2) is 0 Å². The lowest BCUT2D eigenvalue weighted by Gasteiger charge is -2.39. The maximum absolute atomic E-state index is 12.7. The molecule has 1 amide bonds. The molecule has 3 rings (SSSR count). The topological polar surface area (TPSA) is 42.9 Å². The Labute approximate surface area is 183 Å². The molecular weight excluding hydrogens is 374 g/mol. The van der Waals surface area contributed by atoms with E-state index in [2.05, 4.69) is 48.5 Å². The molecule has 2 aliphatic rings. The summed E-state index contributed by atoms with van der Waals surface area (Å²) < 4.78 is 0. The van der Waals surface area contributed by atoms with E-state index in [1.807, 2.05) is 19.2 Å². The Kier molecular flexibility index (Phi) is 8.12. The number of amides is 1. The quantitative estimate of drug-likeness (QED) is 0.714. The van der Waals surface area contributed by atoms with Crippen molar-refractivity contribution in [2.24, 2.45) is 5.92 Å². The maximum Gasteiger partial charge on any atom is 0.272 e. The molecule has 0 aliphatic carbocycles. The Balaban J connectivity index is 1.58. The second-order valence-electron chi connectivity index (χ2n) is 9.70. The molecule has 2 saturated heterocycles. The van der Waals surface area contributed by atoms with Crippen molar-refractivity contribution in [1.82, 2.24) is 19.7 Å². The van der Waals surface area contributed by atoms with Gasteiger partial charge in [-0.25, -0.2) is 4.98 Å². The third-order valence-corrected chi connectivity index (χ3v) is 6.54. The predicted molar refractivity (Wildman–Crippen MR) is 124 cm³/mol. The highest BCUT2D eigenvalue weighted by molar-refractivity contribution is 5.92. The summed E-state index contributed by atoms with van der Waals surface area (Å²) in [5, 5.41) is 0. The minimum Gasteiger partial charge on any atom is -0.355 e. The van der Waals surface area contributed by atoms with E-state index in [0.717, 1.165) is 38.4 Å². The fourth-order valence-corrected chi connectivity index (χ4v) is 4.84.